The standard InChI is InChI=1S/C24H20IN3O2S/c1-14(2)16-8-11-21-20(13-16)27-23(30-21)17-4-3-5-19(12-17)26-24(31)28-22(29)15-6-9-18(25)10-7-15/h3-14H,1-2H3,(H2,26,28,29,31). The van der Waals surface area contributed by atoms with Crippen LogP contribution in [-0.2, 0) is 0 Å². The highest BCUT2D eigenvalue weighted by molar-refractivity contribution is 14.1. The van der Waals surface area contributed by atoms with Gasteiger partial charge >= 0.3 is 0 Å². The Balaban J connectivity index is 1.49. The normalized spacial score (nSPS) is 11.0. The number of thiocarbonyl (C=S) groups is 1. The number of hydrogen-bond acceptors (Lipinski definition) is 4. The lowest BCUT2D eigenvalue weighted by Crippen LogP contribution is -2.34. The SMILES string of the molecule is CC(C)c1ccc2oc(-c3cccc(NC(=S)NC(=O)c4ccc(I)cc4)c3)nc2c1. The van der Waals surface area contributed by atoms with Crippen LogP contribution in [0.1, 0.15) is 35.7 Å². The molecule has 0 bridgehead atoms. The quantitative estimate of drug-likeness (QED) is 0.233. The van der Waals surface area contributed by atoms with Crippen molar-refractivity contribution in [2.45, 2.75) is 19.8 Å². The molecule has 1 amide bonds. The number of carbonyl (C=O) groups excluding carboxylic acids is 1. The number of rotatable bonds is 4. The highest BCUT2D eigenvalue weighted by Gasteiger charge is 2.12. The van der Waals surface area contributed by atoms with E-state index in [0.717, 1.165) is 25.9 Å². The van der Waals surface area contributed by atoms with Crippen molar-refractivity contribution in [1.82, 2.24) is 10.3 Å². The van der Waals surface area contributed by atoms with E-state index in [1.165, 1.54) is 5.56 Å². The number of oxazole rings is 1. The zero-order valence-corrected chi connectivity index (χ0v) is 20.0. The fourth-order valence-electron chi connectivity index (χ4n) is 3.10. The Bertz CT molecular complexity index is 1270. The zero-order chi connectivity index (χ0) is 22.0. The van der Waals surface area contributed by atoms with Crippen LogP contribution in [0.2, 0.25) is 0 Å². The number of fused-ring (bicyclic) bond motifs is 1. The van der Waals surface area contributed by atoms with Gasteiger partial charge in [0.25, 0.3) is 5.91 Å². The second-order valence-electron chi connectivity index (χ2n) is 7.40. The molecule has 0 saturated carbocycles. The van der Waals surface area contributed by atoms with E-state index in [1.54, 1.807) is 12.1 Å². The molecule has 0 radical (unpaired) electrons. The van der Waals surface area contributed by atoms with Crippen LogP contribution < -0.4 is 10.6 Å². The summed E-state index contributed by atoms with van der Waals surface area (Å²) in [5, 5.41) is 5.97. The number of hydrogen-bond donors (Lipinski definition) is 2. The van der Waals surface area contributed by atoms with Gasteiger partial charge in [0.15, 0.2) is 10.7 Å². The summed E-state index contributed by atoms with van der Waals surface area (Å²) in [6.07, 6.45) is 0. The van der Waals surface area contributed by atoms with Crippen LogP contribution in [0.4, 0.5) is 5.69 Å². The summed E-state index contributed by atoms with van der Waals surface area (Å²) in [4.78, 5) is 17.0. The van der Waals surface area contributed by atoms with Crippen molar-refractivity contribution in [2.75, 3.05) is 5.32 Å². The predicted octanol–water partition coefficient (Wildman–Crippen LogP) is 6.35. The van der Waals surface area contributed by atoms with Gasteiger partial charge < -0.3 is 9.73 Å². The van der Waals surface area contributed by atoms with Crippen LogP contribution in [0.25, 0.3) is 22.6 Å². The van der Waals surface area contributed by atoms with E-state index in [1.807, 2.05) is 42.5 Å². The van der Waals surface area contributed by atoms with Crippen molar-refractivity contribution in [1.29, 1.82) is 0 Å². The third-order valence-electron chi connectivity index (χ3n) is 4.78. The number of benzene rings is 3. The molecule has 3 aromatic carbocycles. The summed E-state index contributed by atoms with van der Waals surface area (Å²) in [6, 6.07) is 20.9. The molecule has 156 valence electrons. The van der Waals surface area contributed by atoms with Crippen LogP contribution in [0.5, 0.6) is 0 Å². The number of amides is 1. The van der Waals surface area contributed by atoms with E-state index in [0.29, 0.717) is 17.4 Å². The second-order valence-corrected chi connectivity index (χ2v) is 9.05. The Morgan fingerprint density at radius 1 is 1.06 bits per heavy atom. The van der Waals surface area contributed by atoms with Crippen LogP contribution in [0.15, 0.2) is 71.1 Å². The average Bonchev–Trinajstić information content (AvgIpc) is 3.17. The lowest BCUT2D eigenvalue weighted by molar-refractivity contribution is 0.0977. The van der Waals surface area contributed by atoms with Gasteiger partial charge in [0, 0.05) is 20.4 Å². The minimum atomic E-state index is -0.259. The minimum Gasteiger partial charge on any atom is -0.436 e. The van der Waals surface area contributed by atoms with E-state index in [4.69, 9.17) is 16.6 Å². The van der Waals surface area contributed by atoms with Gasteiger partial charge in [-0.15, -0.1) is 0 Å². The number of anilines is 1. The van der Waals surface area contributed by atoms with Crippen molar-refractivity contribution in [3.63, 3.8) is 0 Å². The monoisotopic (exact) mass is 541 g/mol. The van der Waals surface area contributed by atoms with Gasteiger partial charge in [-0.2, -0.15) is 0 Å². The largest absolute Gasteiger partial charge is 0.436 e. The first-order valence-corrected chi connectivity index (χ1v) is 11.3. The van der Waals surface area contributed by atoms with Gasteiger partial charge in [0.05, 0.1) is 0 Å². The molecule has 0 unspecified atom stereocenters. The fourth-order valence-corrected chi connectivity index (χ4v) is 3.67. The third kappa shape index (κ3) is 5.11. The number of aromatic nitrogens is 1. The van der Waals surface area contributed by atoms with Gasteiger partial charge in [0.1, 0.15) is 5.52 Å². The van der Waals surface area contributed by atoms with Crippen molar-refractivity contribution in [3.05, 3.63) is 81.4 Å². The van der Waals surface area contributed by atoms with Crippen molar-refractivity contribution < 1.29 is 9.21 Å². The maximum absolute atomic E-state index is 12.4. The van der Waals surface area contributed by atoms with Gasteiger partial charge in [-0.3, -0.25) is 10.1 Å². The Labute approximate surface area is 199 Å². The summed E-state index contributed by atoms with van der Waals surface area (Å²) in [6.45, 7) is 4.30. The summed E-state index contributed by atoms with van der Waals surface area (Å²) in [7, 11) is 0. The predicted molar refractivity (Wildman–Crippen MR) is 136 cm³/mol. The molecule has 0 aliphatic heterocycles. The first kappa shape index (κ1) is 21.5. The molecule has 0 saturated heterocycles. The molecule has 7 heteroatoms. The van der Waals surface area contributed by atoms with Crippen molar-refractivity contribution >= 4 is 62.6 Å². The van der Waals surface area contributed by atoms with Crippen LogP contribution in [-0.4, -0.2) is 16.0 Å². The van der Waals surface area contributed by atoms with Crippen LogP contribution in [0, 0.1) is 3.57 Å². The number of carbonyl (C=O) groups is 1. The van der Waals surface area contributed by atoms with E-state index in [-0.39, 0.29) is 11.0 Å². The van der Waals surface area contributed by atoms with Gasteiger partial charge in [-0.25, -0.2) is 4.98 Å². The Morgan fingerprint density at radius 2 is 1.84 bits per heavy atom. The van der Waals surface area contributed by atoms with E-state index < -0.39 is 0 Å². The average molecular weight is 541 g/mol. The maximum atomic E-state index is 12.4. The minimum absolute atomic E-state index is 0.222. The Hall–Kier alpha value is -2.78. The molecule has 0 fully saturated rings. The molecule has 4 rings (SSSR count). The lowest BCUT2D eigenvalue weighted by atomic mass is 10.0. The molecule has 1 heterocycles. The molecular formula is C24H20IN3O2S. The Morgan fingerprint density at radius 3 is 2.58 bits per heavy atom. The molecule has 5 nitrogen and oxygen atoms in total. The van der Waals surface area contributed by atoms with E-state index >= 15 is 0 Å². The molecular weight excluding hydrogens is 521 g/mol. The topological polar surface area (TPSA) is 67.2 Å². The Kier molecular flexibility index (Phi) is 6.33. The van der Waals surface area contributed by atoms with Crippen molar-refractivity contribution in [2.24, 2.45) is 0 Å². The van der Waals surface area contributed by atoms with E-state index in [9.17, 15) is 4.79 Å². The molecule has 0 spiro atoms. The first-order valence-electron chi connectivity index (χ1n) is 9.78. The molecule has 4 aromatic rings. The molecule has 31 heavy (non-hydrogen) atoms. The van der Waals surface area contributed by atoms with Crippen LogP contribution in [0.3, 0.4) is 0 Å². The summed E-state index contributed by atoms with van der Waals surface area (Å²) >= 11 is 7.50. The first-order chi connectivity index (χ1) is 14.9. The molecule has 0 atom stereocenters. The van der Waals surface area contributed by atoms with Crippen LogP contribution >= 0.6 is 34.8 Å². The van der Waals surface area contributed by atoms with Gasteiger partial charge in [0.2, 0.25) is 5.89 Å². The van der Waals surface area contributed by atoms with Crippen molar-refractivity contribution in [3.8, 4) is 11.5 Å². The highest BCUT2D eigenvalue weighted by Crippen LogP contribution is 2.28. The molecule has 0 aliphatic rings. The number of halogens is 1. The summed E-state index contributed by atoms with van der Waals surface area (Å²) < 4.78 is 7.00. The lowest BCUT2D eigenvalue weighted by Gasteiger charge is -2.10. The smallest absolute Gasteiger partial charge is 0.257 e. The highest BCUT2D eigenvalue weighted by atomic mass is 127. The summed E-state index contributed by atoms with van der Waals surface area (Å²) in [5.74, 6) is 0.700. The molecule has 1 aromatic heterocycles. The number of nitrogens with one attached hydrogen (secondary N) is 2. The second kappa shape index (κ2) is 9.15. The zero-order valence-electron chi connectivity index (χ0n) is 17.0. The fraction of sp³-hybridized carbons (Fsp3) is 0.125. The van der Waals surface area contributed by atoms with E-state index in [2.05, 4.69) is 64.2 Å². The molecule has 2 N–H and O–H groups in total. The number of nitrogens with zero attached hydrogens (tertiary/aromatic N) is 1. The van der Waals surface area contributed by atoms with Gasteiger partial charge in [-0.05, 0) is 101 Å². The maximum Gasteiger partial charge on any atom is 0.257 e. The summed E-state index contributed by atoms with van der Waals surface area (Å²) in [5.41, 5.74) is 4.90. The third-order valence-corrected chi connectivity index (χ3v) is 5.70. The van der Waals surface area contributed by atoms with Gasteiger partial charge in [-0.1, -0.05) is 26.0 Å². The molecule has 0 aliphatic carbocycles.